The van der Waals surface area contributed by atoms with Crippen LogP contribution < -0.4 is 17.1 Å². The van der Waals surface area contributed by atoms with Gasteiger partial charge in [0.2, 0.25) is 0 Å². The van der Waals surface area contributed by atoms with Crippen LogP contribution in [0, 0.1) is 6.92 Å². The summed E-state index contributed by atoms with van der Waals surface area (Å²) in [6.45, 7) is 6.06. The van der Waals surface area contributed by atoms with E-state index in [1.54, 1.807) is 0 Å². The first-order chi connectivity index (χ1) is 10.8. The van der Waals surface area contributed by atoms with Crippen molar-refractivity contribution in [2.24, 2.45) is 0 Å². The molecule has 23 heavy (non-hydrogen) atoms. The van der Waals surface area contributed by atoms with Gasteiger partial charge in [-0.1, -0.05) is 36.9 Å². The van der Waals surface area contributed by atoms with Crippen LogP contribution in [0.1, 0.15) is 30.1 Å². The fourth-order valence-electron chi connectivity index (χ4n) is 2.86. The molecule has 1 atom stereocenters. The van der Waals surface area contributed by atoms with Crippen LogP contribution in [0.4, 0.5) is 0 Å². The van der Waals surface area contributed by atoms with Gasteiger partial charge in [0.1, 0.15) is 23.4 Å². The number of halogens is 1. The van der Waals surface area contributed by atoms with Gasteiger partial charge in [-0.2, -0.15) is 0 Å². The Morgan fingerprint density at radius 2 is 1.78 bits per heavy atom. The number of aryl methyl sites for hydroxylation is 1. The van der Waals surface area contributed by atoms with E-state index in [9.17, 15) is 0 Å². The van der Waals surface area contributed by atoms with E-state index < -0.39 is 0 Å². The molecule has 0 spiro atoms. The standard InChI is InChI=1S/C20H23OS.ClH/c1-3-19(17-9-5-4-6-10-17)21-20-12-11-18(15-16(20)2)22-13-7-8-14-22;/h3-6,9-12,15,19H,1,7-8,13-14H2,2H3;1H/q+1;/p-1. The SMILES string of the molecule is C=CC(Oc1ccc([S+]2CCCC2)cc1C)c1ccccc1.[Cl-]. The van der Waals surface area contributed by atoms with E-state index in [0.29, 0.717) is 10.9 Å². The molecule has 1 heterocycles. The van der Waals surface area contributed by atoms with Crippen molar-refractivity contribution >= 4 is 10.9 Å². The lowest BCUT2D eigenvalue weighted by Crippen LogP contribution is -3.00. The van der Waals surface area contributed by atoms with Crippen molar-refractivity contribution in [1.29, 1.82) is 0 Å². The molecule has 2 aromatic carbocycles. The molecule has 1 unspecified atom stereocenters. The lowest BCUT2D eigenvalue weighted by molar-refractivity contribution is -0.00000500. The fourth-order valence-corrected chi connectivity index (χ4v) is 5.24. The van der Waals surface area contributed by atoms with Crippen LogP contribution in [0.25, 0.3) is 0 Å². The van der Waals surface area contributed by atoms with Crippen LogP contribution in [0.5, 0.6) is 5.75 Å². The summed E-state index contributed by atoms with van der Waals surface area (Å²) >= 11 is 0. The van der Waals surface area contributed by atoms with Crippen LogP contribution in [-0.2, 0) is 10.9 Å². The second-order valence-electron chi connectivity index (χ2n) is 5.72. The van der Waals surface area contributed by atoms with Gasteiger partial charge in [0.25, 0.3) is 0 Å². The van der Waals surface area contributed by atoms with Gasteiger partial charge >= 0.3 is 0 Å². The molecule has 1 fully saturated rings. The van der Waals surface area contributed by atoms with E-state index in [0.717, 1.165) is 11.3 Å². The van der Waals surface area contributed by atoms with E-state index in [1.165, 1.54) is 34.8 Å². The van der Waals surface area contributed by atoms with Crippen molar-refractivity contribution < 1.29 is 17.1 Å². The number of benzene rings is 2. The maximum absolute atomic E-state index is 6.18. The summed E-state index contributed by atoms with van der Waals surface area (Å²) in [5.41, 5.74) is 2.36. The molecule has 0 aromatic heterocycles. The minimum atomic E-state index is -0.0975. The zero-order valence-corrected chi connectivity index (χ0v) is 15.1. The average molecular weight is 347 g/mol. The van der Waals surface area contributed by atoms with E-state index in [1.807, 2.05) is 24.3 Å². The molecule has 3 heteroatoms. The predicted octanol–water partition coefficient (Wildman–Crippen LogP) is 2.08. The molecule has 2 aromatic rings. The van der Waals surface area contributed by atoms with E-state index in [2.05, 4.69) is 43.8 Å². The number of hydrogen-bond donors (Lipinski definition) is 0. The molecule has 0 amide bonds. The molecule has 1 aliphatic rings. The first kappa shape index (κ1) is 18.0. The van der Waals surface area contributed by atoms with Crippen LogP contribution in [-0.4, -0.2) is 11.5 Å². The molecule has 0 saturated carbocycles. The predicted molar refractivity (Wildman–Crippen MR) is 95.8 cm³/mol. The zero-order chi connectivity index (χ0) is 15.4. The second-order valence-corrected chi connectivity index (χ2v) is 7.99. The lowest BCUT2D eigenvalue weighted by Gasteiger charge is -2.17. The molecule has 1 aliphatic heterocycles. The third-order valence-electron chi connectivity index (χ3n) is 4.11. The van der Waals surface area contributed by atoms with E-state index >= 15 is 0 Å². The summed E-state index contributed by atoms with van der Waals surface area (Å²) in [6, 6.07) is 16.9. The summed E-state index contributed by atoms with van der Waals surface area (Å²) in [4.78, 5) is 1.50. The highest BCUT2D eigenvalue weighted by Crippen LogP contribution is 2.30. The monoisotopic (exact) mass is 346 g/mol. The van der Waals surface area contributed by atoms with E-state index in [-0.39, 0.29) is 18.5 Å². The zero-order valence-electron chi connectivity index (χ0n) is 13.5. The topological polar surface area (TPSA) is 9.23 Å². The van der Waals surface area contributed by atoms with Gasteiger partial charge in [0, 0.05) is 10.9 Å². The molecule has 122 valence electrons. The highest BCUT2D eigenvalue weighted by molar-refractivity contribution is 7.97. The molecule has 0 bridgehead atoms. The summed E-state index contributed by atoms with van der Waals surface area (Å²) in [6.07, 6.45) is 4.53. The van der Waals surface area contributed by atoms with Gasteiger partial charge in [-0.15, -0.1) is 0 Å². The van der Waals surface area contributed by atoms with Gasteiger partial charge in [-0.3, -0.25) is 0 Å². The van der Waals surface area contributed by atoms with E-state index in [4.69, 9.17) is 4.74 Å². The number of ether oxygens (including phenoxy) is 1. The average Bonchev–Trinajstić information content (AvgIpc) is 3.09. The molecule has 0 radical (unpaired) electrons. The van der Waals surface area contributed by atoms with Gasteiger partial charge in [0.15, 0.2) is 4.90 Å². The fraction of sp³-hybridized carbons (Fsp3) is 0.300. The Bertz CT molecular complexity index is 635. The molecule has 3 rings (SSSR count). The summed E-state index contributed by atoms with van der Waals surface area (Å²) in [5, 5.41) is 0. The van der Waals surface area contributed by atoms with Crippen molar-refractivity contribution in [3.05, 3.63) is 72.3 Å². The molecule has 1 nitrogen and oxygen atoms in total. The van der Waals surface area contributed by atoms with Crippen LogP contribution in [0.2, 0.25) is 0 Å². The Balaban J connectivity index is 0.00000192. The van der Waals surface area contributed by atoms with Crippen molar-refractivity contribution in [3.8, 4) is 5.75 Å². The molecule has 0 N–H and O–H groups in total. The third-order valence-corrected chi connectivity index (χ3v) is 6.59. The summed E-state index contributed by atoms with van der Waals surface area (Å²) < 4.78 is 6.18. The maximum atomic E-state index is 6.18. The van der Waals surface area contributed by atoms with Crippen LogP contribution >= 0.6 is 0 Å². The van der Waals surface area contributed by atoms with Crippen LogP contribution in [0.3, 0.4) is 0 Å². The summed E-state index contributed by atoms with van der Waals surface area (Å²) in [7, 11) is 0.465. The van der Waals surface area contributed by atoms with Gasteiger partial charge < -0.3 is 17.1 Å². The molecular weight excluding hydrogens is 324 g/mol. The maximum Gasteiger partial charge on any atom is 0.155 e. The lowest BCUT2D eigenvalue weighted by atomic mass is 10.1. The number of rotatable bonds is 5. The minimum Gasteiger partial charge on any atom is -1.00 e. The Morgan fingerprint density at radius 1 is 1.09 bits per heavy atom. The third kappa shape index (κ3) is 4.33. The van der Waals surface area contributed by atoms with Gasteiger partial charge in [0.05, 0.1) is 0 Å². The minimum absolute atomic E-state index is 0. The second kappa shape index (κ2) is 8.47. The normalized spacial score (nSPS) is 15.7. The highest BCUT2D eigenvalue weighted by atomic mass is 35.5. The van der Waals surface area contributed by atoms with Gasteiger partial charge in [-0.05, 0) is 55.2 Å². The molecular formula is C20H23ClOS. The highest BCUT2D eigenvalue weighted by Gasteiger charge is 2.27. The van der Waals surface area contributed by atoms with Crippen LogP contribution in [0.15, 0.2) is 66.1 Å². The Kier molecular flexibility index (Phi) is 6.61. The Morgan fingerprint density at radius 3 is 2.39 bits per heavy atom. The Labute approximate surface area is 148 Å². The molecule has 1 saturated heterocycles. The van der Waals surface area contributed by atoms with Gasteiger partial charge in [-0.25, -0.2) is 0 Å². The number of hydrogen-bond acceptors (Lipinski definition) is 1. The first-order valence-corrected chi connectivity index (χ1v) is 9.46. The smallest absolute Gasteiger partial charge is 0.155 e. The van der Waals surface area contributed by atoms with Crippen molar-refractivity contribution in [2.45, 2.75) is 30.8 Å². The first-order valence-electron chi connectivity index (χ1n) is 7.90. The van der Waals surface area contributed by atoms with Crippen molar-refractivity contribution in [1.82, 2.24) is 0 Å². The van der Waals surface area contributed by atoms with Crippen molar-refractivity contribution in [2.75, 3.05) is 11.5 Å². The Hall–Kier alpha value is -1.38. The summed E-state index contributed by atoms with van der Waals surface area (Å²) in [5.74, 6) is 3.68. The largest absolute Gasteiger partial charge is 1.00 e. The van der Waals surface area contributed by atoms with Crippen molar-refractivity contribution in [3.63, 3.8) is 0 Å². The quantitative estimate of drug-likeness (QED) is 0.595. The molecule has 0 aliphatic carbocycles.